The largest absolute Gasteiger partial charge is 0.357 e. The van der Waals surface area contributed by atoms with Crippen LogP contribution in [0, 0.1) is 0 Å². The molecule has 0 radical (unpaired) electrons. The number of nitrogens with zero attached hydrogens (tertiary/aromatic N) is 2. The second-order valence-electron chi connectivity index (χ2n) is 4.15. The third-order valence-corrected chi connectivity index (χ3v) is 2.50. The number of nitrogens with one attached hydrogen (secondary N) is 3. The molecule has 6 heteroatoms. The normalized spacial score (nSPS) is 11.0. The van der Waals surface area contributed by atoms with Gasteiger partial charge in [0.25, 0.3) is 0 Å². The van der Waals surface area contributed by atoms with Crippen LogP contribution in [0.15, 0.2) is 29.4 Å². The zero-order chi connectivity index (χ0) is 14.6. The molecule has 0 aliphatic rings. The Kier molecular flexibility index (Phi) is 7.79. The van der Waals surface area contributed by atoms with Crippen LogP contribution in [0.4, 0.5) is 0 Å². The standard InChI is InChI=1S/C14H23N5O/c1-3-15-13(20)11-19-14(16-4-2)18-10-8-12-7-5-6-9-17-12/h5-7,9H,3-4,8,10-11H2,1-2H3,(H,15,20)(H2,16,18,19). The molecule has 0 atom stereocenters. The van der Waals surface area contributed by atoms with Crippen LogP contribution in [0.1, 0.15) is 19.5 Å². The predicted molar refractivity (Wildman–Crippen MR) is 80.6 cm³/mol. The second-order valence-corrected chi connectivity index (χ2v) is 4.15. The van der Waals surface area contributed by atoms with Crippen molar-refractivity contribution in [2.75, 3.05) is 26.2 Å². The van der Waals surface area contributed by atoms with Gasteiger partial charge in [0.1, 0.15) is 6.54 Å². The predicted octanol–water partition coefficient (Wildman–Crippen LogP) is 0.315. The van der Waals surface area contributed by atoms with E-state index in [1.165, 1.54) is 0 Å². The van der Waals surface area contributed by atoms with Crippen LogP contribution >= 0.6 is 0 Å². The van der Waals surface area contributed by atoms with Gasteiger partial charge in [-0.1, -0.05) is 6.07 Å². The summed E-state index contributed by atoms with van der Waals surface area (Å²) in [5.41, 5.74) is 1.03. The lowest BCUT2D eigenvalue weighted by Crippen LogP contribution is -2.39. The Hall–Kier alpha value is -2.11. The molecule has 0 aromatic carbocycles. The Bertz CT molecular complexity index is 419. The smallest absolute Gasteiger partial charge is 0.241 e. The Morgan fingerprint density at radius 1 is 1.20 bits per heavy atom. The van der Waals surface area contributed by atoms with Crippen molar-refractivity contribution in [3.63, 3.8) is 0 Å². The lowest BCUT2D eigenvalue weighted by atomic mass is 10.3. The molecule has 0 spiro atoms. The van der Waals surface area contributed by atoms with Crippen molar-refractivity contribution >= 4 is 11.9 Å². The maximum Gasteiger partial charge on any atom is 0.241 e. The Morgan fingerprint density at radius 3 is 2.65 bits per heavy atom. The fraction of sp³-hybridized carbons (Fsp3) is 0.500. The number of guanidine groups is 1. The highest BCUT2D eigenvalue weighted by Gasteiger charge is 2.01. The summed E-state index contributed by atoms with van der Waals surface area (Å²) in [5.74, 6) is 0.573. The highest BCUT2D eigenvalue weighted by molar-refractivity contribution is 5.84. The summed E-state index contributed by atoms with van der Waals surface area (Å²) in [7, 11) is 0. The van der Waals surface area contributed by atoms with Crippen LogP contribution in [0.2, 0.25) is 0 Å². The van der Waals surface area contributed by atoms with E-state index in [0.717, 1.165) is 25.2 Å². The van der Waals surface area contributed by atoms with Gasteiger partial charge in [0, 0.05) is 37.9 Å². The van der Waals surface area contributed by atoms with Crippen LogP contribution in [0.3, 0.4) is 0 Å². The first kappa shape index (κ1) is 15.9. The first-order valence-electron chi connectivity index (χ1n) is 6.95. The van der Waals surface area contributed by atoms with Crippen molar-refractivity contribution < 1.29 is 4.79 Å². The fourth-order valence-electron chi connectivity index (χ4n) is 1.60. The summed E-state index contributed by atoms with van der Waals surface area (Å²) in [6.07, 6.45) is 2.59. The topological polar surface area (TPSA) is 78.4 Å². The maximum absolute atomic E-state index is 11.4. The molecule has 20 heavy (non-hydrogen) atoms. The van der Waals surface area contributed by atoms with Crippen LogP contribution in [0.5, 0.6) is 0 Å². The van der Waals surface area contributed by atoms with Crippen molar-refractivity contribution in [2.24, 2.45) is 4.99 Å². The molecule has 110 valence electrons. The molecule has 1 amide bonds. The van der Waals surface area contributed by atoms with Gasteiger partial charge in [-0.05, 0) is 26.0 Å². The van der Waals surface area contributed by atoms with E-state index in [4.69, 9.17) is 0 Å². The molecule has 0 fully saturated rings. The molecule has 1 aromatic heterocycles. The number of rotatable bonds is 7. The number of amides is 1. The van der Waals surface area contributed by atoms with Gasteiger partial charge in [0.15, 0.2) is 5.96 Å². The van der Waals surface area contributed by atoms with E-state index < -0.39 is 0 Å². The number of likely N-dealkylation sites (N-methyl/N-ethyl adjacent to an activating group) is 1. The van der Waals surface area contributed by atoms with Gasteiger partial charge in [0.05, 0.1) is 0 Å². The summed E-state index contributed by atoms with van der Waals surface area (Å²) in [5, 5.41) is 9.00. The summed E-state index contributed by atoms with van der Waals surface area (Å²) in [6.45, 7) is 6.10. The second kappa shape index (κ2) is 9.77. The Labute approximate surface area is 120 Å². The summed E-state index contributed by atoms with van der Waals surface area (Å²) in [4.78, 5) is 19.8. The number of hydrogen-bond acceptors (Lipinski definition) is 3. The van der Waals surface area contributed by atoms with Crippen molar-refractivity contribution in [1.29, 1.82) is 0 Å². The lowest BCUT2D eigenvalue weighted by molar-refractivity contribution is -0.119. The molecule has 1 aromatic rings. The molecule has 0 aliphatic heterocycles. The Morgan fingerprint density at radius 2 is 2.00 bits per heavy atom. The maximum atomic E-state index is 11.4. The number of hydrogen-bond donors (Lipinski definition) is 3. The quantitative estimate of drug-likeness (QED) is 0.495. The number of carbonyl (C=O) groups is 1. The van der Waals surface area contributed by atoms with Crippen molar-refractivity contribution in [3.05, 3.63) is 30.1 Å². The van der Waals surface area contributed by atoms with E-state index >= 15 is 0 Å². The van der Waals surface area contributed by atoms with E-state index in [1.54, 1.807) is 6.20 Å². The summed E-state index contributed by atoms with van der Waals surface area (Å²) in [6, 6.07) is 5.85. The zero-order valence-corrected chi connectivity index (χ0v) is 12.1. The molecule has 3 N–H and O–H groups in total. The van der Waals surface area contributed by atoms with Crippen LogP contribution in [-0.4, -0.2) is 43.0 Å². The van der Waals surface area contributed by atoms with Crippen molar-refractivity contribution in [1.82, 2.24) is 20.9 Å². The average molecular weight is 277 g/mol. The van der Waals surface area contributed by atoms with Gasteiger partial charge >= 0.3 is 0 Å². The first-order valence-corrected chi connectivity index (χ1v) is 6.95. The third-order valence-electron chi connectivity index (χ3n) is 2.50. The van der Waals surface area contributed by atoms with Crippen molar-refractivity contribution in [3.8, 4) is 0 Å². The van der Waals surface area contributed by atoms with E-state index in [1.807, 2.05) is 32.0 Å². The Balaban J connectivity index is 2.38. The molecule has 0 saturated heterocycles. The molecule has 1 rings (SSSR count). The zero-order valence-electron chi connectivity index (χ0n) is 12.1. The SMILES string of the molecule is CCNC(=O)CN=C(NCC)NCCc1ccccn1. The molecule has 0 saturated carbocycles. The minimum absolute atomic E-state index is 0.0746. The highest BCUT2D eigenvalue weighted by Crippen LogP contribution is 1.92. The van der Waals surface area contributed by atoms with E-state index in [-0.39, 0.29) is 12.5 Å². The number of carbonyl (C=O) groups excluding carboxylic acids is 1. The molecule has 6 nitrogen and oxygen atoms in total. The molecule has 0 unspecified atom stereocenters. The van der Waals surface area contributed by atoms with Gasteiger partial charge < -0.3 is 16.0 Å². The van der Waals surface area contributed by atoms with E-state index in [0.29, 0.717) is 12.5 Å². The number of aliphatic imine (C=N–C) groups is 1. The molecule has 1 heterocycles. The first-order chi connectivity index (χ1) is 9.76. The van der Waals surface area contributed by atoms with Crippen LogP contribution < -0.4 is 16.0 Å². The summed E-state index contributed by atoms with van der Waals surface area (Å²) < 4.78 is 0. The van der Waals surface area contributed by atoms with Gasteiger partial charge in [-0.2, -0.15) is 0 Å². The minimum atomic E-state index is -0.0746. The number of pyridine rings is 1. The molecular weight excluding hydrogens is 254 g/mol. The molecular formula is C14H23N5O. The van der Waals surface area contributed by atoms with E-state index in [9.17, 15) is 4.79 Å². The molecule has 0 bridgehead atoms. The van der Waals surface area contributed by atoms with Crippen LogP contribution in [-0.2, 0) is 11.2 Å². The third kappa shape index (κ3) is 6.72. The van der Waals surface area contributed by atoms with Crippen molar-refractivity contribution in [2.45, 2.75) is 20.3 Å². The minimum Gasteiger partial charge on any atom is -0.357 e. The van der Waals surface area contributed by atoms with Crippen LogP contribution in [0.25, 0.3) is 0 Å². The average Bonchev–Trinajstić information content (AvgIpc) is 2.46. The monoisotopic (exact) mass is 277 g/mol. The summed E-state index contributed by atoms with van der Waals surface area (Å²) >= 11 is 0. The van der Waals surface area contributed by atoms with Gasteiger partial charge in [-0.3, -0.25) is 9.78 Å². The fourth-order valence-corrected chi connectivity index (χ4v) is 1.60. The van der Waals surface area contributed by atoms with Gasteiger partial charge in [-0.15, -0.1) is 0 Å². The highest BCUT2D eigenvalue weighted by atomic mass is 16.1. The lowest BCUT2D eigenvalue weighted by Gasteiger charge is -2.10. The number of aromatic nitrogens is 1. The van der Waals surface area contributed by atoms with Gasteiger partial charge in [0.2, 0.25) is 5.91 Å². The molecule has 0 aliphatic carbocycles. The van der Waals surface area contributed by atoms with Gasteiger partial charge in [-0.25, -0.2) is 4.99 Å². The van der Waals surface area contributed by atoms with E-state index in [2.05, 4.69) is 25.9 Å².